The Bertz CT molecular complexity index is 895. The fourth-order valence-electron chi connectivity index (χ4n) is 3.19. The molecule has 26 heavy (non-hydrogen) atoms. The van der Waals surface area contributed by atoms with Crippen LogP contribution in [0.5, 0.6) is 0 Å². The fourth-order valence-corrected chi connectivity index (χ4v) is 4.61. The Hall–Kier alpha value is -2.55. The highest BCUT2D eigenvalue weighted by molar-refractivity contribution is 7.92. The number of sulfonamides is 1. The van der Waals surface area contributed by atoms with Crippen LogP contribution >= 0.6 is 0 Å². The second-order valence-electron chi connectivity index (χ2n) is 6.41. The third kappa shape index (κ3) is 3.67. The van der Waals surface area contributed by atoms with Gasteiger partial charge in [-0.25, -0.2) is 8.42 Å². The van der Waals surface area contributed by atoms with E-state index in [-0.39, 0.29) is 10.8 Å². The smallest absolute Gasteiger partial charge is 0.265 e. The topological polar surface area (TPSA) is 98.4 Å². The van der Waals surface area contributed by atoms with E-state index in [9.17, 15) is 13.2 Å². The number of anilines is 2. The minimum atomic E-state index is -3.71. The quantitative estimate of drug-likeness (QED) is 0.841. The summed E-state index contributed by atoms with van der Waals surface area (Å²) < 4.78 is 28.0. The SMILES string of the molecule is CC(=O)N1CCN(c2cccc(NS(=O)(=O)c3c(C)n[nH]c3C)c2)CC1. The summed E-state index contributed by atoms with van der Waals surface area (Å²) in [5.41, 5.74) is 2.36. The molecule has 1 saturated heterocycles. The Morgan fingerprint density at radius 3 is 2.46 bits per heavy atom. The van der Waals surface area contributed by atoms with Crippen LogP contribution in [0.3, 0.4) is 0 Å². The molecule has 2 N–H and O–H groups in total. The Morgan fingerprint density at radius 1 is 1.19 bits per heavy atom. The molecule has 0 aliphatic carbocycles. The second-order valence-corrected chi connectivity index (χ2v) is 8.03. The average Bonchev–Trinajstić information content (AvgIpc) is 2.94. The maximum atomic E-state index is 12.7. The monoisotopic (exact) mass is 377 g/mol. The summed E-state index contributed by atoms with van der Waals surface area (Å²) in [6.07, 6.45) is 0. The van der Waals surface area contributed by atoms with Crippen molar-refractivity contribution in [1.82, 2.24) is 15.1 Å². The lowest BCUT2D eigenvalue weighted by Crippen LogP contribution is -2.48. The largest absolute Gasteiger partial charge is 0.368 e. The van der Waals surface area contributed by atoms with E-state index in [4.69, 9.17) is 0 Å². The molecule has 2 aromatic rings. The third-order valence-electron chi connectivity index (χ3n) is 4.52. The maximum absolute atomic E-state index is 12.7. The van der Waals surface area contributed by atoms with Crippen LogP contribution in [0.15, 0.2) is 29.2 Å². The molecule has 0 spiro atoms. The van der Waals surface area contributed by atoms with Crippen LogP contribution in [0.2, 0.25) is 0 Å². The Morgan fingerprint density at radius 2 is 1.88 bits per heavy atom. The normalized spacial score (nSPS) is 15.2. The number of nitrogens with one attached hydrogen (secondary N) is 2. The zero-order valence-electron chi connectivity index (χ0n) is 15.1. The number of rotatable bonds is 4. The molecule has 1 aliphatic rings. The Labute approximate surface area is 153 Å². The molecule has 0 radical (unpaired) electrons. The lowest BCUT2D eigenvalue weighted by molar-refractivity contribution is -0.129. The highest BCUT2D eigenvalue weighted by atomic mass is 32.2. The molecule has 8 nitrogen and oxygen atoms in total. The highest BCUT2D eigenvalue weighted by Crippen LogP contribution is 2.25. The molecule has 1 amide bonds. The number of nitrogens with zero attached hydrogens (tertiary/aromatic N) is 3. The third-order valence-corrected chi connectivity index (χ3v) is 6.16. The van der Waals surface area contributed by atoms with Gasteiger partial charge in [0, 0.05) is 38.8 Å². The van der Waals surface area contributed by atoms with Crippen LogP contribution in [-0.4, -0.2) is 55.6 Å². The summed E-state index contributed by atoms with van der Waals surface area (Å²) in [4.78, 5) is 15.6. The second kappa shape index (κ2) is 6.99. The number of aromatic nitrogens is 2. The van der Waals surface area contributed by atoms with E-state index in [1.807, 2.05) is 23.1 Å². The van der Waals surface area contributed by atoms with E-state index in [0.717, 1.165) is 18.8 Å². The zero-order valence-corrected chi connectivity index (χ0v) is 15.9. The lowest BCUT2D eigenvalue weighted by atomic mass is 10.2. The van der Waals surface area contributed by atoms with E-state index in [1.54, 1.807) is 26.8 Å². The predicted octanol–water partition coefficient (Wildman–Crippen LogP) is 1.50. The molecule has 3 rings (SSSR count). The molecular formula is C17H23N5O3S. The van der Waals surface area contributed by atoms with Crippen LogP contribution in [0.4, 0.5) is 11.4 Å². The number of carbonyl (C=O) groups excluding carboxylic acids is 1. The van der Waals surface area contributed by atoms with Crippen molar-refractivity contribution in [2.24, 2.45) is 0 Å². The van der Waals surface area contributed by atoms with Gasteiger partial charge in [0.25, 0.3) is 10.0 Å². The number of aromatic amines is 1. The minimum Gasteiger partial charge on any atom is -0.368 e. The zero-order chi connectivity index (χ0) is 18.9. The van der Waals surface area contributed by atoms with Gasteiger partial charge in [-0.05, 0) is 32.0 Å². The van der Waals surface area contributed by atoms with Gasteiger partial charge >= 0.3 is 0 Å². The van der Waals surface area contributed by atoms with Gasteiger partial charge in [0.15, 0.2) is 0 Å². The first-order valence-corrected chi connectivity index (χ1v) is 9.91. The van der Waals surface area contributed by atoms with E-state index >= 15 is 0 Å². The van der Waals surface area contributed by atoms with Crippen LogP contribution < -0.4 is 9.62 Å². The summed E-state index contributed by atoms with van der Waals surface area (Å²) in [6, 6.07) is 7.29. The molecule has 0 saturated carbocycles. The molecule has 0 bridgehead atoms. The standard InChI is InChI=1S/C17H23N5O3S/c1-12-17(13(2)19-18-12)26(24,25)20-15-5-4-6-16(11-15)22-9-7-21(8-10-22)14(3)23/h4-6,11,20H,7-10H2,1-3H3,(H,18,19). The first-order chi connectivity index (χ1) is 12.3. The van der Waals surface area contributed by atoms with Crippen LogP contribution in [0.25, 0.3) is 0 Å². The Balaban J connectivity index is 1.77. The van der Waals surface area contributed by atoms with Crippen molar-refractivity contribution in [3.8, 4) is 0 Å². The van der Waals surface area contributed by atoms with Gasteiger partial charge in [0.2, 0.25) is 5.91 Å². The molecule has 1 aliphatic heterocycles. The number of piperazine rings is 1. The molecule has 0 atom stereocenters. The number of amides is 1. The van der Waals surface area contributed by atoms with Gasteiger partial charge in [-0.2, -0.15) is 5.10 Å². The molecule has 140 valence electrons. The number of hydrogen-bond donors (Lipinski definition) is 2. The van der Waals surface area contributed by atoms with Crippen molar-refractivity contribution >= 4 is 27.3 Å². The molecule has 2 heterocycles. The van der Waals surface area contributed by atoms with Gasteiger partial charge in [-0.15, -0.1) is 0 Å². The molecule has 1 aromatic carbocycles. The van der Waals surface area contributed by atoms with Gasteiger partial charge in [0.1, 0.15) is 4.90 Å². The first kappa shape index (κ1) is 18.2. The molecule has 1 fully saturated rings. The average molecular weight is 377 g/mol. The summed E-state index contributed by atoms with van der Waals surface area (Å²) in [7, 11) is -3.71. The van der Waals surface area contributed by atoms with E-state index in [1.165, 1.54) is 0 Å². The van der Waals surface area contributed by atoms with Crippen LogP contribution in [0, 0.1) is 13.8 Å². The van der Waals surface area contributed by atoms with Crippen molar-refractivity contribution in [2.45, 2.75) is 25.7 Å². The Kier molecular flexibility index (Phi) is 4.90. The van der Waals surface area contributed by atoms with Crippen molar-refractivity contribution in [1.29, 1.82) is 0 Å². The number of aryl methyl sites for hydroxylation is 2. The number of hydrogen-bond acceptors (Lipinski definition) is 5. The molecule has 9 heteroatoms. The lowest BCUT2D eigenvalue weighted by Gasteiger charge is -2.35. The van der Waals surface area contributed by atoms with Crippen molar-refractivity contribution in [2.75, 3.05) is 35.8 Å². The summed E-state index contributed by atoms with van der Waals surface area (Å²) in [5, 5.41) is 6.65. The fraction of sp³-hybridized carbons (Fsp3) is 0.412. The van der Waals surface area contributed by atoms with E-state index < -0.39 is 10.0 Å². The summed E-state index contributed by atoms with van der Waals surface area (Å²) in [5.74, 6) is 0.0806. The number of benzene rings is 1. The first-order valence-electron chi connectivity index (χ1n) is 8.43. The summed E-state index contributed by atoms with van der Waals surface area (Å²) >= 11 is 0. The van der Waals surface area contributed by atoms with Gasteiger partial charge < -0.3 is 9.80 Å². The van der Waals surface area contributed by atoms with Crippen molar-refractivity contribution < 1.29 is 13.2 Å². The van der Waals surface area contributed by atoms with Crippen molar-refractivity contribution in [3.63, 3.8) is 0 Å². The predicted molar refractivity (Wildman–Crippen MR) is 99.8 cm³/mol. The molecular weight excluding hydrogens is 354 g/mol. The minimum absolute atomic E-state index is 0.0806. The van der Waals surface area contributed by atoms with E-state index in [2.05, 4.69) is 19.8 Å². The number of H-pyrrole nitrogens is 1. The number of carbonyl (C=O) groups is 1. The van der Waals surface area contributed by atoms with Crippen LogP contribution in [-0.2, 0) is 14.8 Å². The van der Waals surface area contributed by atoms with Gasteiger partial charge in [-0.1, -0.05) is 6.07 Å². The summed E-state index contributed by atoms with van der Waals surface area (Å²) in [6.45, 7) is 7.68. The molecule has 1 aromatic heterocycles. The molecule has 0 unspecified atom stereocenters. The maximum Gasteiger partial charge on any atom is 0.265 e. The highest BCUT2D eigenvalue weighted by Gasteiger charge is 2.23. The van der Waals surface area contributed by atoms with E-state index in [0.29, 0.717) is 30.2 Å². The van der Waals surface area contributed by atoms with Gasteiger partial charge in [0.05, 0.1) is 17.1 Å². The van der Waals surface area contributed by atoms with Gasteiger partial charge in [-0.3, -0.25) is 14.6 Å². The van der Waals surface area contributed by atoms with Crippen molar-refractivity contribution in [3.05, 3.63) is 35.7 Å². The van der Waals surface area contributed by atoms with Crippen LogP contribution in [0.1, 0.15) is 18.3 Å².